The highest BCUT2D eigenvalue weighted by Gasteiger charge is 2.12. The van der Waals surface area contributed by atoms with E-state index in [0.29, 0.717) is 6.54 Å². The van der Waals surface area contributed by atoms with Crippen LogP contribution in [0.2, 0.25) is 0 Å². The van der Waals surface area contributed by atoms with Crippen LogP contribution in [-0.4, -0.2) is 17.5 Å². The first-order chi connectivity index (χ1) is 8.17. The van der Waals surface area contributed by atoms with Crippen LogP contribution in [0.25, 0.3) is 10.9 Å². The third-order valence-corrected chi connectivity index (χ3v) is 2.79. The Kier molecular flexibility index (Phi) is 3.00. The minimum absolute atomic E-state index is 0.0612. The standard InChI is InChI=1S/C14H15NO2/c1-4-7-15-9-13(10(2)16)12-8-11(17-3)5-6-14(12)15/h4-6,8-9H,1,7H2,2-3H3. The molecule has 0 amide bonds. The molecule has 0 aliphatic carbocycles. The number of Topliss-reactive ketones (excluding diaryl/α,β-unsaturated/α-hetero) is 1. The summed E-state index contributed by atoms with van der Waals surface area (Å²) in [6.45, 7) is 5.99. The van der Waals surface area contributed by atoms with Gasteiger partial charge in [-0.05, 0) is 25.1 Å². The van der Waals surface area contributed by atoms with Gasteiger partial charge in [0.2, 0.25) is 0 Å². The summed E-state index contributed by atoms with van der Waals surface area (Å²) < 4.78 is 7.20. The number of hydrogen-bond donors (Lipinski definition) is 0. The summed E-state index contributed by atoms with van der Waals surface area (Å²) in [6, 6.07) is 5.75. The Labute approximate surface area is 100 Å². The molecule has 0 saturated carbocycles. The zero-order valence-corrected chi connectivity index (χ0v) is 10.1. The molecule has 1 heterocycles. The van der Waals surface area contributed by atoms with Gasteiger partial charge in [-0.1, -0.05) is 6.08 Å². The van der Waals surface area contributed by atoms with E-state index >= 15 is 0 Å². The van der Waals surface area contributed by atoms with E-state index in [-0.39, 0.29) is 5.78 Å². The molecule has 0 atom stereocenters. The van der Waals surface area contributed by atoms with Gasteiger partial charge in [-0.2, -0.15) is 0 Å². The molecule has 2 rings (SSSR count). The molecule has 0 bridgehead atoms. The van der Waals surface area contributed by atoms with E-state index < -0.39 is 0 Å². The van der Waals surface area contributed by atoms with Crippen LogP contribution in [0.15, 0.2) is 37.1 Å². The molecule has 0 aliphatic heterocycles. The van der Waals surface area contributed by atoms with E-state index in [2.05, 4.69) is 6.58 Å². The number of carbonyl (C=O) groups excluding carboxylic acids is 1. The number of nitrogens with zero attached hydrogens (tertiary/aromatic N) is 1. The highest BCUT2D eigenvalue weighted by Crippen LogP contribution is 2.26. The van der Waals surface area contributed by atoms with Crippen LogP contribution in [0.3, 0.4) is 0 Å². The summed E-state index contributed by atoms with van der Waals surface area (Å²) in [4.78, 5) is 11.6. The van der Waals surface area contributed by atoms with Crippen molar-refractivity contribution in [1.29, 1.82) is 0 Å². The zero-order chi connectivity index (χ0) is 12.4. The van der Waals surface area contributed by atoms with E-state index in [1.54, 1.807) is 14.0 Å². The van der Waals surface area contributed by atoms with Crippen molar-refractivity contribution in [3.63, 3.8) is 0 Å². The van der Waals surface area contributed by atoms with Crippen LogP contribution in [0.5, 0.6) is 5.75 Å². The van der Waals surface area contributed by atoms with E-state index in [1.165, 1.54) is 0 Å². The summed E-state index contributed by atoms with van der Waals surface area (Å²) in [6.07, 6.45) is 3.68. The highest BCUT2D eigenvalue weighted by atomic mass is 16.5. The first-order valence-electron chi connectivity index (χ1n) is 5.46. The van der Waals surface area contributed by atoms with Gasteiger partial charge in [-0.3, -0.25) is 4.79 Å². The van der Waals surface area contributed by atoms with E-state index in [4.69, 9.17) is 4.74 Å². The molecule has 2 aromatic rings. The minimum atomic E-state index is 0.0612. The fourth-order valence-corrected chi connectivity index (χ4v) is 1.97. The Balaban J connectivity index is 2.71. The van der Waals surface area contributed by atoms with Crippen molar-refractivity contribution in [2.75, 3.05) is 7.11 Å². The number of methoxy groups -OCH3 is 1. The number of ether oxygens (including phenoxy) is 1. The first kappa shape index (κ1) is 11.5. The summed E-state index contributed by atoms with van der Waals surface area (Å²) in [5.41, 5.74) is 1.75. The number of allylic oxidation sites excluding steroid dienone is 1. The lowest BCUT2D eigenvalue weighted by Gasteiger charge is -2.02. The number of ketones is 1. The van der Waals surface area contributed by atoms with Gasteiger partial charge in [0.25, 0.3) is 0 Å². The largest absolute Gasteiger partial charge is 0.497 e. The molecule has 0 spiro atoms. The second kappa shape index (κ2) is 4.45. The van der Waals surface area contributed by atoms with Crippen molar-refractivity contribution in [1.82, 2.24) is 4.57 Å². The molecule has 0 unspecified atom stereocenters. The van der Waals surface area contributed by atoms with Gasteiger partial charge in [-0.25, -0.2) is 0 Å². The Bertz CT molecular complexity index is 581. The summed E-state index contributed by atoms with van der Waals surface area (Å²) in [7, 11) is 1.62. The van der Waals surface area contributed by atoms with Gasteiger partial charge in [0.15, 0.2) is 5.78 Å². The molecule has 0 N–H and O–H groups in total. The summed E-state index contributed by atoms with van der Waals surface area (Å²) >= 11 is 0. The third kappa shape index (κ3) is 1.96. The van der Waals surface area contributed by atoms with Gasteiger partial charge in [0.1, 0.15) is 5.75 Å². The van der Waals surface area contributed by atoms with Crippen LogP contribution in [0.1, 0.15) is 17.3 Å². The molecule has 0 fully saturated rings. The van der Waals surface area contributed by atoms with Gasteiger partial charge in [0.05, 0.1) is 7.11 Å². The molecule has 1 aromatic heterocycles. The molecular weight excluding hydrogens is 214 g/mol. The van der Waals surface area contributed by atoms with Crippen molar-refractivity contribution >= 4 is 16.7 Å². The quantitative estimate of drug-likeness (QED) is 0.596. The number of aromatic nitrogens is 1. The van der Waals surface area contributed by atoms with E-state index in [9.17, 15) is 4.79 Å². The molecule has 0 radical (unpaired) electrons. The molecule has 3 nitrogen and oxygen atoms in total. The predicted molar refractivity (Wildman–Crippen MR) is 68.7 cm³/mol. The lowest BCUT2D eigenvalue weighted by atomic mass is 10.1. The summed E-state index contributed by atoms with van der Waals surface area (Å²) in [5, 5.41) is 0.929. The van der Waals surface area contributed by atoms with Crippen LogP contribution < -0.4 is 4.74 Å². The smallest absolute Gasteiger partial charge is 0.161 e. The maximum Gasteiger partial charge on any atom is 0.161 e. The van der Waals surface area contributed by atoms with Gasteiger partial charge in [0, 0.05) is 29.2 Å². The second-order valence-electron chi connectivity index (χ2n) is 3.92. The van der Waals surface area contributed by atoms with Crippen LogP contribution in [0.4, 0.5) is 0 Å². The molecule has 1 aromatic carbocycles. The van der Waals surface area contributed by atoms with E-state index in [1.807, 2.05) is 35.0 Å². The summed E-state index contributed by atoms with van der Waals surface area (Å²) in [5.74, 6) is 0.822. The van der Waals surface area contributed by atoms with Gasteiger partial charge < -0.3 is 9.30 Å². The SMILES string of the molecule is C=CCn1cc(C(C)=O)c2cc(OC)ccc21. The molecule has 17 heavy (non-hydrogen) atoms. The first-order valence-corrected chi connectivity index (χ1v) is 5.46. The Morgan fingerprint density at radius 2 is 2.29 bits per heavy atom. The number of hydrogen-bond acceptors (Lipinski definition) is 2. The molecular formula is C14H15NO2. The lowest BCUT2D eigenvalue weighted by Crippen LogP contribution is -1.92. The molecule has 0 aliphatic rings. The van der Waals surface area contributed by atoms with Crippen LogP contribution in [0, 0.1) is 0 Å². The van der Waals surface area contributed by atoms with Crippen molar-refractivity contribution in [3.05, 3.63) is 42.6 Å². The predicted octanol–water partition coefficient (Wildman–Crippen LogP) is 3.04. The Morgan fingerprint density at radius 3 is 2.88 bits per heavy atom. The van der Waals surface area contributed by atoms with Crippen LogP contribution in [-0.2, 0) is 6.54 Å². The fourth-order valence-electron chi connectivity index (χ4n) is 1.97. The highest BCUT2D eigenvalue weighted by molar-refractivity contribution is 6.07. The third-order valence-electron chi connectivity index (χ3n) is 2.79. The van der Waals surface area contributed by atoms with Crippen LogP contribution >= 0.6 is 0 Å². The number of carbonyl (C=O) groups is 1. The average molecular weight is 229 g/mol. The maximum absolute atomic E-state index is 11.6. The number of rotatable bonds is 4. The number of benzene rings is 1. The second-order valence-corrected chi connectivity index (χ2v) is 3.92. The van der Waals surface area contributed by atoms with Gasteiger partial charge >= 0.3 is 0 Å². The van der Waals surface area contributed by atoms with Crippen molar-refractivity contribution in [3.8, 4) is 5.75 Å². The molecule has 88 valence electrons. The fraction of sp³-hybridized carbons (Fsp3) is 0.214. The number of fused-ring (bicyclic) bond motifs is 1. The Morgan fingerprint density at radius 1 is 1.53 bits per heavy atom. The van der Waals surface area contributed by atoms with Crippen molar-refractivity contribution in [2.24, 2.45) is 0 Å². The molecule has 3 heteroatoms. The van der Waals surface area contributed by atoms with Crippen molar-refractivity contribution < 1.29 is 9.53 Å². The van der Waals surface area contributed by atoms with E-state index in [0.717, 1.165) is 22.2 Å². The van der Waals surface area contributed by atoms with Crippen molar-refractivity contribution in [2.45, 2.75) is 13.5 Å². The normalized spacial score (nSPS) is 10.5. The molecule has 0 saturated heterocycles. The topological polar surface area (TPSA) is 31.2 Å². The maximum atomic E-state index is 11.6. The minimum Gasteiger partial charge on any atom is -0.497 e. The Hall–Kier alpha value is -2.03. The van der Waals surface area contributed by atoms with Gasteiger partial charge in [-0.15, -0.1) is 6.58 Å². The average Bonchev–Trinajstić information content (AvgIpc) is 2.68. The monoisotopic (exact) mass is 229 g/mol. The zero-order valence-electron chi connectivity index (χ0n) is 10.1. The lowest BCUT2D eigenvalue weighted by molar-refractivity contribution is 0.101.